The van der Waals surface area contributed by atoms with E-state index in [0.29, 0.717) is 19.6 Å². The molecule has 0 saturated carbocycles. The second kappa shape index (κ2) is 7.82. The molecule has 29 heavy (non-hydrogen) atoms. The summed E-state index contributed by atoms with van der Waals surface area (Å²) in [7, 11) is 0. The van der Waals surface area contributed by atoms with E-state index in [2.05, 4.69) is 46.4 Å². The standard InChI is InChI=1S/C24H26N2O3/c27-24(9-3-5-18-16-25-20-7-2-1-6-19(18)20)26-12-4-8-21(26)17-10-11-22-23(15-17)29-14-13-28-22/h1-2,6-7,10-11,15-16,21,25H,3-5,8-9,12-14H2. The summed E-state index contributed by atoms with van der Waals surface area (Å²) in [6.45, 7) is 2.01. The molecule has 5 nitrogen and oxygen atoms in total. The van der Waals surface area contributed by atoms with E-state index in [0.717, 1.165) is 54.8 Å². The highest BCUT2D eigenvalue weighted by molar-refractivity contribution is 5.83. The summed E-state index contributed by atoms with van der Waals surface area (Å²) in [6.07, 6.45) is 6.49. The van der Waals surface area contributed by atoms with E-state index in [4.69, 9.17) is 9.47 Å². The van der Waals surface area contributed by atoms with Crippen molar-refractivity contribution in [2.24, 2.45) is 0 Å². The molecular formula is C24H26N2O3. The number of aromatic amines is 1. The van der Waals surface area contributed by atoms with Crippen molar-refractivity contribution >= 4 is 16.8 Å². The van der Waals surface area contributed by atoms with E-state index in [1.54, 1.807) is 0 Å². The summed E-state index contributed by atoms with van der Waals surface area (Å²) in [4.78, 5) is 18.3. The Morgan fingerprint density at radius 1 is 1.10 bits per heavy atom. The SMILES string of the molecule is O=C(CCCc1c[nH]c2ccccc12)N1CCCC1c1ccc2c(c1)OCCO2. The van der Waals surface area contributed by atoms with Gasteiger partial charge >= 0.3 is 0 Å². The van der Waals surface area contributed by atoms with Crippen molar-refractivity contribution in [3.05, 3.63) is 59.8 Å². The van der Waals surface area contributed by atoms with Crippen LogP contribution in [0.5, 0.6) is 11.5 Å². The molecule has 1 fully saturated rings. The molecule has 1 saturated heterocycles. The predicted octanol–water partition coefficient (Wildman–Crippen LogP) is 4.63. The molecule has 1 N–H and O–H groups in total. The zero-order valence-corrected chi connectivity index (χ0v) is 16.5. The number of carbonyl (C=O) groups is 1. The van der Waals surface area contributed by atoms with Crippen LogP contribution in [0.3, 0.4) is 0 Å². The zero-order chi connectivity index (χ0) is 19.6. The molecule has 0 spiro atoms. The molecule has 3 aromatic rings. The average Bonchev–Trinajstić information content (AvgIpc) is 3.41. The van der Waals surface area contributed by atoms with Gasteiger partial charge < -0.3 is 19.4 Å². The van der Waals surface area contributed by atoms with Crippen molar-refractivity contribution in [2.75, 3.05) is 19.8 Å². The predicted molar refractivity (Wildman–Crippen MR) is 112 cm³/mol. The molecule has 1 atom stereocenters. The Morgan fingerprint density at radius 3 is 2.90 bits per heavy atom. The summed E-state index contributed by atoms with van der Waals surface area (Å²) < 4.78 is 11.4. The van der Waals surface area contributed by atoms with Crippen molar-refractivity contribution in [1.82, 2.24) is 9.88 Å². The summed E-state index contributed by atoms with van der Waals surface area (Å²) >= 11 is 0. The number of likely N-dealkylation sites (tertiary alicyclic amines) is 1. The number of aryl methyl sites for hydroxylation is 1. The summed E-state index contributed by atoms with van der Waals surface area (Å²) in [5.74, 6) is 1.85. The number of fused-ring (bicyclic) bond motifs is 2. The van der Waals surface area contributed by atoms with Gasteiger partial charge in [-0.3, -0.25) is 4.79 Å². The van der Waals surface area contributed by atoms with Crippen LogP contribution in [0.1, 0.15) is 42.9 Å². The number of benzene rings is 2. The molecule has 2 aliphatic heterocycles. The third-order valence-corrected chi connectivity index (χ3v) is 6.04. The molecule has 2 aliphatic rings. The fraction of sp³-hybridized carbons (Fsp3) is 0.375. The maximum atomic E-state index is 13.0. The van der Waals surface area contributed by atoms with Gasteiger partial charge in [0.2, 0.25) is 5.91 Å². The van der Waals surface area contributed by atoms with E-state index in [1.165, 1.54) is 10.9 Å². The van der Waals surface area contributed by atoms with Crippen molar-refractivity contribution in [2.45, 2.75) is 38.1 Å². The van der Waals surface area contributed by atoms with Gasteiger partial charge in [0.15, 0.2) is 11.5 Å². The van der Waals surface area contributed by atoms with Crippen molar-refractivity contribution < 1.29 is 14.3 Å². The van der Waals surface area contributed by atoms with E-state index < -0.39 is 0 Å². The molecule has 3 heterocycles. The number of para-hydroxylation sites is 1. The minimum atomic E-state index is 0.145. The van der Waals surface area contributed by atoms with Crippen LogP contribution in [0.25, 0.3) is 10.9 Å². The topological polar surface area (TPSA) is 54.6 Å². The Balaban J connectivity index is 1.23. The lowest BCUT2D eigenvalue weighted by atomic mass is 10.0. The second-order valence-electron chi connectivity index (χ2n) is 7.86. The number of carbonyl (C=O) groups excluding carboxylic acids is 1. The van der Waals surface area contributed by atoms with E-state index in [9.17, 15) is 4.79 Å². The first kappa shape index (κ1) is 18.1. The van der Waals surface area contributed by atoms with Gasteiger partial charge in [-0.15, -0.1) is 0 Å². The van der Waals surface area contributed by atoms with Crippen LogP contribution in [0.4, 0.5) is 0 Å². The van der Waals surface area contributed by atoms with Gasteiger partial charge in [0.1, 0.15) is 13.2 Å². The fourth-order valence-corrected chi connectivity index (χ4v) is 4.59. The van der Waals surface area contributed by atoms with Gasteiger partial charge in [-0.2, -0.15) is 0 Å². The molecule has 0 bridgehead atoms. The third kappa shape index (κ3) is 3.57. The van der Waals surface area contributed by atoms with Crippen molar-refractivity contribution in [3.8, 4) is 11.5 Å². The van der Waals surface area contributed by atoms with Crippen LogP contribution in [0, 0.1) is 0 Å². The van der Waals surface area contributed by atoms with Gasteiger partial charge in [-0.25, -0.2) is 0 Å². The molecule has 5 heteroatoms. The zero-order valence-electron chi connectivity index (χ0n) is 16.5. The number of nitrogens with one attached hydrogen (secondary N) is 1. The Bertz CT molecular complexity index is 1030. The van der Waals surface area contributed by atoms with Crippen LogP contribution in [-0.4, -0.2) is 35.5 Å². The lowest BCUT2D eigenvalue weighted by molar-refractivity contribution is -0.132. The number of H-pyrrole nitrogens is 1. The molecule has 1 amide bonds. The molecule has 2 aromatic carbocycles. The molecule has 0 radical (unpaired) electrons. The van der Waals surface area contributed by atoms with Gasteiger partial charge in [-0.05, 0) is 55.0 Å². The highest BCUT2D eigenvalue weighted by Gasteiger charge is 2.30. The Kier molecular flexibility index (Phi) is 4.88. The summed E-state index contributed by atoms with van der Waals surface area (Å²) in [5.41, 5.74) is 3.60. The number of rotatable bonds is 5. The van der Waals surface area contributed by atoms with E-state index in [1.807, 2.05) is 12.1 Å². The quantitative estimate of drug-likeness (QED) is 0.691. The monoisotopic (exact) mass is 390 g/mol. The van der Waals surface area contributed by atoms with Gasteiger partial charge in [0.25, 0.3) is 0 Å². The molecule has 0 aliphatic carbocycles. The van der Waals surface area contributed by atoms with Crippen molar-refractivity contribution in [1.29, 1.82) is 0 Å². The number of ether oxygens (including phenoxy) is 2. The summed E-state index contributed by atoms with van der Waals surface area (Å²) in [6, 6.07) is 14.6. The molecule has 1 aromatic heterocycles. The molecule has 150 valence electrons. The number of nitrogens with zero attached hydrogens (tertiary/aromatic N) is 1. The average molecular weight is 390 g/mol. The van der Waals surface area contributed by atoms with E-state index in [-0.39, 0.29) is 11.9 Å². The van der Waals surface area contributed by atoms with Gasteiger partial charge in [-0.1, -0.05) is 24.3 Å². The van der Waals surface area contributed by atoms with Crippen molar-refractivity contribution in [3.63, 3.8) is 0 Å². The minimum absolute atomic E-state index is 0.145. The van der Waals surface area contributed by atoms with Crippen LogP contribution in [0.15, 0.2) is 48.7 Å². The van der Waals surface area contributed by atoms with E-state index >= 15 is 0 Å². The van der Waals surface area contributed by atoms with Crippen LogP contribution in [-0.2, 0) is 11.2 Å². The first-order chi connectivity index (χ1) is 14.3. The largest absolute Gasteiger partial charge is 0.486 e. The number of hydrogen-bond donors (Lipinski definition) is 1. The Labute approximate surface area is 170 Å². The lowest BCUT2D eigenvalue weighted by Gasteiger charge is -2.27. The number of aromatic nitrogens is 1. The maximum absolute atomic E-state index is 13.0. The number of hydrogen-bond acceptors (Lipinski definition) is 3. The first-order valence-corrected chi connectivity index (χ1v) is 10.5. The van der Waals surface area contributed by atoms with Crippen LogP contribution >= 0.6 is 0 Å². The van der Waals surface area contributed by atoms with Crippen LogP contribution in [0.2, 0.25) is 0 Å². The highest BCUT2D eigenvalue weighted by atomic mass is 16.6. The Morgan fingerprint density at radius 2 is 1.97 bits per heavy atom. The normalized spacial score (nSPS) is 18.3. The maximum Gasteiger partial charge on any atom is 0.223 e. The third-order valence-electron chi connectivity index (χ3n) is 6.04. The molecular weight excluding hydrogens is 364 g/mol. The Hall–Kier alpha value is -2.95. The molecule has 1 unspecified atom stereocenters. The van der Waals surface area contributed by atoms with Gasteiger partial charge in [0, 0.05) is 30.1 Å². The smallest absolute Gasteiger partial charge is 0.223 e. The second-order valence-corrected chi connectivity index (χ2v) is 7.86. The number of amides is 1. The fourth-order valence-electron chi connectivity index (χ4n) is 4.59. The van der Waals surface area contributed by atoms with Crippen LogP contribution < -0.4 is 9.47 Å². The first-order valence-electron chi connectivity index (χ1n) is 10.5. The molecule has 5 rings (SSSR count). The highest BCUT2D eigenvalue weighted by Crippen LogP contribution is 2.38. The van der Waals surface area contributed by atoms with Gasteiger partial charge in [0.05, 0.1) is 6.04 Å². The minimum Gasteiger partial charge on any atom is -0.486 e. The summed E-state index contributed by atoms with van der Waals surface area (Å²) in [5, 5.41) is 1.26. The lowest BCUT2D eigenvalue weighted by Crippen LogP contribution is -2.30.